The van der Waals surface area contributed by atoms with Crippen molar-refractivity contribution in [1.29, 1.82) is 0 Å². The lowest BCUT2D eigenvalue weighted by atomic mass is 9.77. The minimum Gasteiger partial charge on any atom is -0.493 e. The van der Waals surface area contributed by atoms with E-state index in [4.69, 9.17) is 4.74 Å². The molecular formula is C16H20Br2O. The molecule has 1 atom stereocenters. The molecule has 1 aliphatic carbocycles. The van der Waals surface area contributed by atoms with Crippen molar-refractivity contribution in [2.75, 3.05) is 6.61 Å². The van der Waals surface area contributed by atoms with E-state index in [9.17, 15) is 0 Å². The Morgan fingerprint density at radius 3 is 2.74 bits per heavy atom. The molecular weight excluding hydrogens is 368 g/mol. The molecule has 0 saturated heterocycles. The van der Waals surface area contributed by atoms with E-state index < -0.39 is 0 Å². The minimum atomic E-state index is 0.414. The van der Waals surface area contributed by atoms with Gasteiger partial charge in [-0.3, -0.25) is 0 Å². The van der Waals surface area contributed by atoms with Crippen LogP contribution in [0.4, 0.5) is 0 Å². The lowest BCUT2D eigenvalue weighted by Gasteiger charge is -2.34. The van der Waals surface area contributed by atoms with Gasteiger partial charge < -0.3 is 4.74 Å². The third-order valence-electron chi connectivity index (χ3n) is 4.89. The van der Waals surface area contributed by atoms with Crippen molar-refractivity contribution in [2.24, 2.45) is 5.41 Å². The van der Waals surface area contributed by atoms with Crippen molar-refractivity contribution in [3.63, 3.8) is 0 Å². The molecule has 1 nitrogen and oxygen atoms in total. The maximum atomic E-state index is 5.90. The second-order valence-corrected chi connectivity index (χ2v) is 7.70. The van der Waals surface area contributed by atoms with Gasteiger partial charge in [-0.15, -0.1) is 0 Å². The van der Waals surface area contributed by atoms with Crippen LogP contribution in [0.5, 0.6) is 5.75 Å². The molecule has 1 heterocycles. The molecule has 0 N–H and O–H groups in total. The minimum absolute atomic E-state index is 0.414. The predicted molar refractivity (Wildman–Crippen MR) is 86.2 cm³/mol. The first-order valence-electron chi connectivity index (χ1n) is 7.25. The zero-order valence-corrected chi connectivity index (χ0v) is 14.5. The van der Waals surface area contributed by atoms with Crippen LogP contribution in [0.2, 0.25) is 0 Å². The zero-order chi connectivity index (χ0) is 13.5. The van der Waals surface area contributed by atoms with Crippen LogP contribution in [-0.2, 0) is 6.42 Å². The first kappa shape index (κ1) is 13.9. The molecule has 0 aromatic heterocycles. The summed E-state index contributed by atoms with van der Waals surface area (Å²) < 4.78 is 7.08. The van der Waals surface area contributed by atoms with Gasteiger partial charge in [0.1, 0.15) is 5.75 Å². The van der Waals surface area contributed by atoms with Gasteiger partial charge in [-0.05, 0) is 42.4 Å². The Kier molecular flexibility index (Phi) is 3.96. The maximum absolute atomic E-state index is 5.90. The van der Waals surface area contributed by atoms with Crippen molar-refractivity contribution >= 4 is 31.9 Å². The van der Waals surface area contributed by atoms with E-state index in [0.717, 1.165) is 18.8 Å². The van der Waals surface area contributed by atoms with Crippen LogP contribution >= 0.6 is 31.9 Å². The fourth-order valence-electron chi connectivity index (χ4n) is 3.68. The summed E-state index contributed by atoms with van der Waals surface area (Å²) in [6.07, 6.45) is 7.69. The standard InChI is InChI=1S/C16H20Br2O/c1-2-16(6-3-4-7-16)15(18)13-10-12(17)9-11-5-8-19-14(11)13/h9-10,15H,2-8H2,1H3. The Hall–Kier alpha value is -0.0200. The number of benzene rings is 1. The highest BCUT2D eigenvalue weighted by molar-refractivity contribution is 9.10. The average Bonchev–Trinajstić information content (AvgIpc) is 3.05. The molecule has 1 aromatic carbocycles. The highest BCUT2D eigenvalue weighted by Gasteiger charge is 2.41. The van der Waals surface area contributed by atoms with Crippen LogP contribution < -0.4 is 4.74 Å². The van der Waals surface area contributed by atoms with E-state index in [2.05, 4.69) is 50.9 Å². The lowest BCUT2D eigenvalue weighted by molar-refractivity contribution is 0.272. The van der Waals surface area contributed by atoms with E-state index in [0.29, 0.717) is 10.2 Å². The SMILES string of the molecule is CCC1(C(Br)c2cc(Br)cc3c2OCC3)CCCC1. The topological polar surface area (TPSA) is 9.23 Å². The van der Waals surface area contributed by atoms with Gasteiger partial charge in [-0.1, -0.05) is 51.6 Å². The Labute approximate surface area is 132 Å². The van der Waals surface area contributed by atoms with E-state index in [1.54, 1.807) is 0 Å². The van der Waals surface area contributed by atoms with Crippen molar-refractivity contribution in [3.8, 4) is 5.75 Å². The molecule has 0 radical (unpaired) electrons. The van der Waals surface area contributed by atoms with Crippen LogP contribution in [0, 0.1) is 5.41 Å². The summed E-state index contributed by atoms with van der Waals surface area (Å²) in [6, 6.07) is 4.46. The number of fused-ring (bicyclic) bond motifs is 1. The largest absolute Gasteiger partial charge is 0.493 e. The molecule has 104 valence electrons. The van der Waals surface area contributed by atoms with E-state index in [1.807, 2.05) is 0 Å². The zero-order valence-electron chi connectivity index (χ0n) is 11.3. The summed E-state index contributed by atoms with van der Waals surface area (Å²) >= 11 is 7.67. The molecule has 2 aliphatic rings. The quantitative estimate of drug-likeness (QED) is 0.596. The van der Waals surface area contributed by atoms with Gasteiger partial charge in [0.2, 0.25) is 0 Å². The summed E-state index contributed by atoms with van der Waals surface area (Å²) in [5, 5.41) is 0. The van der Waals surface area contributed by atoms with Crippen LogP contribution in [0.1, 0.15) is 55.0 Å². The number of hydrogen-bond acceptors (Lipinski definition) is 1. The van der Waals surface area contributed by atoms with Gasteiger partial charge in [0.25, 0.3) is 0 Å². The van der Waals surface area contributed by atoms with Gasteiger partial charge in [0, 0.05) is 21.3 Å². The van der Waals surface area contributed by atoms with Crippen LogP contribution in [0.15, 0.2) is 16.6 Å². The normalized spacial score (nSPS) is 22.1. The summed E-state index contributed by atoms with van der Waals surface area (Å²) in [6.45, 7) is 3.16. The summed E-state index contributed by atoms with van der Waals surface area (Å²) in [5.74, 6) is 1.14. The monoisotopic (exact) mass is 386 g/mol. The summed E-state index contributed by atoms with van der Waals surface area (Å²) in [7, 11) is 0. The second kappa shape index (κ2) is 5.40. The molecule has 1 unspecified atom stereocenters. The fourth-order valence-corrected chi connectivity index (χ4v) is 5.33. The highest BCUT2D eigenvalue weighted by Crippen LogP contribution is 2.56. The van der Waals surface area contributed by atoms with E-state index in [1.165, 1.54) is 47.7 Å². The second-order valence-electron chi connectivity index (χ2n) is 5.87. The Morgan fingerprint density at radius 2 is 2.05 bits per heavy atom. The molecule has 3 rings (SSSR count). The van der Waals surface area contributed by atoms with Crippen molar-refractivity contribution in [3.05, 3.63) is 27.7 Å². The molecule has 1 aromatic rings. The smallest absolute Gasteiger partial charge is 0.127 e. The Bertz CT molecular complexity index is 478. The molecule has 0 spiro atoms. The molecule has 1 saturated carbocycles. The number of rotatable bonds is 3. The first-order valence-corrected chi connectivity index (χ1v) is 8.96. The van der Waals surface area contributed by atoms with Gasteiger partial charge in [0.05, 0.1) is 6.61 Å². The molecule has 1 fully saturated rings. The predicted octanol–water partition coefficient (Wildman–Crippen LogP) is 5.79. The average molecular weight is 388 g/mol. The van der Waals surface area contributed by atoms with Crippen molar-refractivity contribution in [2.45, 2.75) is 50.3 Å². The number of hydrogen-bond donors (Lipinski definition) is 0. The van der Waals surface area contributed by atoms with Gasteiger partial charge in [0.15, 0.2) is 0 Å². The Morgan fingerprint density at radius 1 is 1.32 bits per heavy atom. The van der Waals surface area contributed by atoms with E-state index in [-0.39, 0.29) is 0 Å². The lowest BCUT2D eigenvalue weighted by Crippen LogP contribution is -2.21. The van der Waals surface area contributed by atoms with Crippen LogP contribution in [0.25, 0.3) is 0 Å². The molecule has 1 aliphatic heterocycles. The molecule has 3 heteroatoms. The third-order valence-corrected chi connectivity index (χ3v) is 6.81. The molecule has 0 amide bonds. The first-order chi connectivity index (χ1) is 9.16. The molecule has 0 bridgehead atoms. The maximum Gasteiger partial charge on any atom is 0.127 e. The van der Waals surface area contributed by atoms with E-state index >= 15 is 0 Å². The highest BCUT2D eigenvalue weighted by atomic mass is 79.9. The third kappa shape index (κ3) is 2.37. The number of halogens is 2. The fraction of sp³-hybridized carbons (Fsp3) is 0.625. The van der Waals surface area contributed by atoms with Crippen molar-refractivity contribution < 1.29 is 4.74 Å². The van der Waals surface area contributed by atoms with Gasteiger partial charge in [-0.2, -0.15) is 0 Å². The van der Waals surface area contributed by atoms with Gasteiger partial charge in [-0.25, -0.2) is 0 Å². The van der Waals surface area contributed by atoms with Crippen molar-refractivity contribution in [1.82, 2.24) is 0 Å². The van der Waals surface area contributed by atoms with Gasteiger partial charge >= 0.3 is 0 Å². The Balaban J connectivity index is 2.02. The molecule has 19 heavy (non-hydrogen) atoms. The van der Waals surface area contributed by atoms with Crippen LogP contribution in [0.3, 0.4) is 0 Å². The van der Waals surface area contributed by atoms with Crippen LogP contribution in [-0.4, -0.2) is 6.61 Å². The summed E-state index contributed by atoms with van der Waals surface area (Å²) in [4.78, 5) is 0.414. The summed E-state index contributed by atoms with van der Waals surface area (Å²) in [5.41, 5.74) is 3.13. The number of ether oxygens (including phenoxy) is 1. The number of alkyl halides is 1.